The van der Waals surface area contributed by atoms with Crippen molar-refractivity contribution >= 4 is 5.97 Å². The quantitative estimate of drug-likeness (QED) is 0.815. The maximum atomic E-state index is 11.7. The van der Waals surface area contributed by atoms with Crippen molar-refractivity contribution in [2.45, 2.75) is 32.0 Å². The molecule has 0 saturated heterocycles. The van der Waals surface area contributed by atoms with E-state index in [1.165, 1.54) is 16.7 Å². The van der Waals surface area contributed by atoms with Crippen LogP contribution in [0, 0.1) is 0 Å². The van der Waals surface area contributed by atoms with Crippen molar-refractivity contribution in [3.63, 3.8) is 0 Å². The van der Waals surface area contributed by atoms with Crippen molar-refractivity contribution in [3.8, 4) is 11.5 Å². The first kappa shape index (κ1) is 14.1. The summed E-state index contributed by atoms with van der Waals surface area (Å²) in [5.74, 6) is 1.10. The lowest BCUT2D eigenvalue weighted by Crippen LogP contribution is -2.30. The summed E-state index contributed by atoms with van der Waals surface area (Å²) in [7, 11) is 0. The van der Waals surface area contributed by atoms with E-state index >= 15 is 0 Å². The van der Waals surface area contributed by atoms with E-state index in [0.717, 1.165) is 12.8 Å². The molecule has 2 aromatic carbocycles. The molecule has 2 aliphatic rings. The zero-order valence-corrected chi connectivity index (χ0v) is 13.0. The summed E-state index contributed by atoms with van der Waals surface area (Å²) in [4.78, 5) is 11.7. The van der Waals surface area contributed by atoms with Gasteiger partial charge in [0.25, 0.3) is 0 Å². The van der Waals surface area contributed by atoms with E-state index in [4.69, 9.17) is 14.2 Å². The second-order valence-corrected chi connectivity index (χ2v) is 5.82. The van der Waals surface area contributed by atoms with Gasteiger partial charge in [0, 0.05) is 5.92 Å². The number of carbonyl (C=O) groups is 1. The van der Waals surface area contributed by atoms with E-state index in [9.17, 15) is 4.79 Å². The minimum Gasteiger partial charge on any atom is -0.460 e. The van der Waals surface area contributed by atoms with E-state index in [-0.39, 0.29) is 0 Å². The Kier molecular flexibility index (Phi) is 3.45. The Labute approximate surface area is 135 Å². The first-order valence-electron chi connectivity index (χ1n) is 7.98. The molecule has 0 bridgehead atoms. The molecular weight excluding hydrogens is 292 g/mol. The number of fused-ring (bicyclic) bond motifs is 2. The van der Waals surface area contributed by atoms with Crippen LogP contribution >= 0.6 is 0 Å². The Hall–Kier alpha value is -2.49. The number of ether oxygens (including phenoxy) is 3. The predicted octanol–water partition coefficient (Wildman–Crippen LogP) is 3.43. The lowest BCUT2D eigenvalue weighted by Gasteiger charge is -2.12. The summed E-state index contributed by atoms with van der Waals surface area (Å²) in [5, 5.41) is 0. The van der Waals surface area contributed by atoms with Gasteiger partial charge in [-0.15, -0.1) is 0 Å². The zero-order valence-electron chi connectivity index (χ0n) is 13.0. The smallest absolute Gasteiger partial charge is 0.389 e. The minimum atomic E-state index is -0.990. The van der Waals surface area contributed by atoms with E-state index in [2.05, 4.69) is 30.3 Å². The first-order valence-corrected chi connectivity index (χ1v) is 7.98. The Morgan fingerprint density at radius 2 is 2.00 bits per heavy atom. The molecule has 0 N–H and O–H groups in total. The van der Waals surface area contributed by atoms with Gasteiger partial charge in [-0.2, -0.15) is 0 Å². The van der Waals surface area contributed by atoms with Crippen LogP contribution < -0.4 is 9.47 Å². The molecule has 1 aliphatic carbocycles. The van der Waals surface area contributed by atoms with Gasteiger partial charge in [0.2, 0.25) is 0 Å². The van der Waals surface area contributed by atoms with Crippen molar-refractivity contribution in [1.29, 1.82) is 0 Å². The highest BCUT2D eigenvalue weighted by molar-refractivity contribution is 5.75. The van der Waals surface area contributed by atoms with Gasteiger partial charge in [0.05, 0.1) is 6.61 Å². The maximum absolute atomic E-state index is 11.7. The average molecular weight is 310 g/mol. The molecule has 4 nitrogen and oxygen atoms in total. The van der Waals surface area contributed by atoms with Gasteiger partial charge in [-0.3, -0.25) is 0 Å². The molecule has 23 heavy (non-hydrogen) atoms. The Balaban J connectivity index is 1.59. The summed E-state index contributed by atoms with van der Waals surface area (Å²) in [6.07, 6.45) is 1.21. The summed E-state index contributed by atoms with van der Waals surface area (Å²) in [5.41, 5.74) is 4.00. The number of benzene rings is 2. The van der Waals surface area contributed by atoms with Crippen LogP contribution in [-0.4, -0.2) is 18.9 Å². The van der Waals surface area contributed by atoms with E-state index < -0.39 is 12.3 Å². The molecule has 2 aromatic rings. The number of hydrogen-bond donors (Lipinski definition) is 0. The van der Waals surface area contributed by atoms with Gasteiger partial charge in [0.15, 0.2) is 11.5 Å². The number of esters is 1. The third-order valence-corrected chi connectivity index (χ3v) is 4.45. The van der Waals surface area contributed by atoms with Crippen molar-refractivity contribution in [2.24, 2.45) is 0 Å². The van der Waals surface area contributed by atoms with E-state index in [0.29, 0.717) is 24.0 Å². The summed E-state index contributed by atoms with van der Waals surface area (Å²) >= 11 is 0. The molecule has 118 valence electrons. The molecule has 0 aromatic heterocycles. The molecule has 0 spiro atoms. The highest BCUT2D eigenvalue weighted by Gasteiger charge is 2.33. The van der Waals surface area contributed by atoms with Crippen LogP contribution in [-0.2, 0) is 16.0 Å². The Bertz CT molecular complexity index is 753. The van der Waals surface area contributed by atoms with Crippen molar-refractivity contribution < 1.29 is 19.0 Å². The van der Waals surface area contributed by atoms with Crippen LogP contribution in [0.5, 0.6) is 11.5 Å². The fourth-order valence-corrected chi connectivity index (χ4v) is 3.40. The van der Waals surface area contributed by atoms with E-state index in [1.807, 2.05) is 12.1 Å². The molecule has 1 aliphatic heterocycles. The Morgan fingerprint density at radius 3 is 2.87 bits per heavy atom. The van der Waals surface area contributed by atoms with Crippen LogP contribution in [0.2, 0.25) is 0 Å². The normalized spacial score (nSPS) is 21.1. The van der Waals surface area contributed by atoms with Gasteiger partial charge in [-0.25, -0.2) is 4.79 Å². The molecule has 0 radical (unpaired) electrons. The molecule has 0 saturated carbocycles. The second-order valence-electron chi connectivity index (χ2n) is 5.82. The van der Waals surface area contributed by atoms with Crippen LogP contribution in [0.15, 0.2) is 42.5 Å². The molecule has 4 rings (SSSR count). The largest absolute Gasteiger partial charge is 0.460 e. The molecule has 4 heteroatoms. The summed E-state index contributed by atoms with van der Waals surface area (Å²) in [6.45, 7) is 2.07. The summed E-state index contributed by atoms with van der Waals surface area (Å²) < 4.78 is 16.1. The van der Waals surface area contributed by atoms with Gasteiger partial charge in [-0.05, 0) is 48.6 Å². The molecule has 0 amide bonds. The fourth-order valence-electron chi connectivity index (χ4n) is 3.40. The third-order valence-electron chi connectivity index (χ3n) is 4.45. The van der Waals surface area contributed by atoms with Crippen LogP contribution in [0.25, 0.3) is 0 Å². The topological polar surface area (TPSA) is 44.8 Å². The third kappa shape index (κ3) is 2.44. The predicted molar refractivity (Wildman–Crippen MR) is 84.7 cm³/mol. The monoisotopic (exact) mass is 310 g/mol. The molecule has 1 heterocycles. The molecule has 0 fully saturated rings. The van der Waals surface area contributed by atoms with Gasteiger partial charge in [-0.1, -0.05) is 30.3 Å². The van der Waals surface area contributed by atoms with Gasteiger partial charge < -0.3 is 14.2 Å². The number of aryl methyl sites for hydroxylation is 1. The zero-order chi connectivity index (χ0) is 15.8. The number of carbonyl (C=O) groups excluding carboxylic acids is 1. The van der Waals surface area contributed by atoms with Crippen LogP contribution in [0.1, 0.15) is 36.0 Å². The first-order chi connectivity index (χ1) is 11.3. The lowest BCUT2D eigenvalue weighted by molar-refractivity contribution is -0.161. The van der Waals surface area contributed by atoms with Crippen molar-refractivity contribution in [2.75, 3.05) is 6.61 Å². The molecular formula is C19H18O4. The maximum Gasteiger partial charge on any atom is 0.389 e. The second kappa shape index (κ2) is 5.61. The minimum absolute atomic E-state index is 0.308. The fraction of sp³-hybridized carbons (Fsp3) is 0.316. The highest BCUT2D eigenvalue weighted by Crippen LogP contribution is 2.42. The summed E-state index contributed by atoms with van der Waals surface area (Å²) in [6, 6.07) is 14.5. The lowest BCUT2D eigenvalue weighted by atomic mass is 9.93. The van der Waals surface area contributed by atoms with Gasteiger partial charge in [0.1, 0.15) is 0 Å². The average Bonchev–Trinajstić information content (AvgIpc) is 3.18. The SMILES string of the molecule is CCOC(=O)[C@@H]1Oc2ccc([C@H]3CCc4ccccc43)cc2O1. The van der Waals surface area contributed by atoms with Crippen LogP contribution in [0.4, 0.5) is 0 Å². The number of hydrogen-bond acceptors (Lipinski definition) is 4. The number of rotatable bonds is 3. The van der Waals surface area contributed by atoms with Gasteiger partial charge >= 0.3 is 12.3 Å². The van der Waals surface area contributed by atoms with E-state index in [1.54, 1.807) is 6.92 Å². The molecule has 2 atom stereocenters. The Morgan fingerprint density at radius 1 is 1.17 bits per heavy atom. The van der Waals surface area contributed by atoms with Crippen molar-refractivity contribution in [3.05, 3.63) is 59.2 Å². The highest BCUT2D eigenvalue weighted by atomic mass is 16.7. The molecule has 0 unspecified atom stereocenters. The van der Waals surface area contributed by atoms with Crippen LogP contribution in [0.3, 0.4) is 0 Å². The standard InChI is InChI=1S/C19H18O4/c1-2-21-18(20)19-22-16-10-8-13(11-17(16)23-19)15-9-7-12-5-3-4-6-14(12)15/h3-6,8,10-11,15,19H,2,7,9H2,1H3/t15-,19-/m1/s1. The van der Waals surface area contributed by atoms with Crippen molar-refractivity contribution in [1.82, 2.24) is 0 Å².